The predicted molar refractivity (Wildman–Crippen MR) is 79.9 cm³/mol. The number of fused-ring (bicyclic) bond motifs is 1. The molecule has 0 saturated carbocycles. The number of hydrogen-bond acceptors (Lipinski definition) is 4. The molecule has 1 N–H and O–H groups in total. The number of aryl methyl sites for hydroxylation is 1. The zero-order chi connectivity index (χ0) is 13.3. The van der Waals surface area contributed by atoms with Crippen molar-refractivity contribution >= 4 is 11.3 Å². The smallest absolute Gasteiger partial charge is 0.0700 e. The van der Waals surface area contributed by atoms with Gasteiger partial charge in [0.2, 0.25) is 0 Å². The minimum Gasteiger partial charge on any atom is -0.382 e. The molecule has 1 aliphatic carbocycles. The quantitative estimate of drug-likeness (QED) is 0.706. The SMILES string of the molecule is COCCOCCCCNC1CCCc2sccc21. The third kappa shape index (κ3) is 4.88. The van der Waals surface area contributed by atoms with E-state index in [1.807, 2.05) is 11.3 Å². The first kappa shape index (κ1) is 15.0. The third-order valence-electron chi connectivity index (χ3n) is 3.59. The molecular formula is C15H25NO2S. The molecule has 1 aromatic heterocycles. The molecule has 1 unspecified atom stereocenters. The van der Waals surface area contributed by atoms with Gasteiger partial charge in [-0.05, 0) is 55.7 Å². The van der Waals surface area contributed by atoms with Crippen LogP contribution in [0.25, 0.3) is 0 Å². The summed E-state index contributed by atoms with van der Waals surface area (Å²) in [6.45, 7) is 3.35. The zero-order valence-electron chi connectivity index (χ0n) is 11.8. The molecule has 3 nitrogen and oxygen atoms in total. The Morgan fingerprint density at radius 3 is 3.16 bits per heavy atom. The Labute approximate surface area is 120 Å². The Hall–Kier alpha value is -0.420. The van der Waals surface area contributed by atoms with Gasteiger partial charge in [0.25, 0.3) is 0 Å². The first-order valence-corrected chi connectivity index (χ1v) is 8.16. The lowest BCUT2D eigenvalue weighted by Gasteiger charge is -2.23. The summed E-state index contributed by atoms with van der Waals surface area (Å²) in [5.74, 6) is 0. The van der Waals surface area contributed by atoms with Gasteiger partial charge in [0.05, 0.1) is 13.2 Å². The molecule has 1 heterocycles. The summed E-state index contributed by atoms with van der Waals surface area (Å²) in [4.78, 5) is 1.59. The second-order valence-corrected chi connectivity index (χ2v) is 6.01. The van der Waals surface area contributed by atoms with E-state index in [9.17, 15) is 0 Å². The average Bonchev–Trinajstić information content (AvgIpc) is 2.91. The van der Waals surface area contributed by atoms with Crippen molar-refractivity contribution in [2.75, 3.05) is 33.5 Å². The van der Waals surface area contributed by atoms with Crippen LogP contribution in [0.4, 0.5) is 0 Å². The lowest BCUT2D eigenvalue weighted by Crippen LogP contribution is -2.25. The Bertz CT molecular complexity index is 354. The summed E-state index contributed by atoms with van der Waals surface area (Å²) >= 11 is 1.91. The molecule has 0 radical (unpaired) electrons. The van der Waals surface area contributed by atoms with Gasteiger partial charge in [0.15, 0.2) is 0 Å². The summed E-state index contributed by atoms with van der Waals surface area (Å²) in [5, 5.41) is 5.92. The molecule has 2 rings (SSSR count). The fourth-order valence-electron chi connectivity index (χ4n) is 2.55. The summed E-state index contributed by atoms with van der Waals surface area (Å²) in [5.41, 5.74) is 1.55. The number of unbranched alkanes of at least 4 members (excludes halogenated alkanes) is 1. The lowest BCUT2D eigenvalue weighted by molar-refractivity contribution is 0.0687. The number of thiophene rings is 1. The Morgan fingerprint density at radius 1 is 1.32 bits per heavy atom. The fourth-order valence-corrected chi connectivity index (χ4v) is 3.54. The van der Waals surface area contributed by atoms with E-state index in [4.69, 9.17) is 9.47 Å². The van der Waals surface area contributed by atoms with Gasteiger partial charge < -0.3 is 14.8 Å². The molecular weight excluding hydrogens is 258 g/mol. The standard InChI is InChI=1S/C15H25NO2S/c1-17-10-11-18-9-3-2-8-16-14-5-4-6-15-13(14)7-12-19-15/h7,12,14,16H,2-6,8-11H2,1H3. The van der Waals surface area contributed by atoms with Crippen molar-refractivity contribution in [3.8, 4) is 0 Å². The van der Waals surface area contributed by atoms with Crippen molar-refractivity contribution in [1.82, 2.24) is 5.32 Å². The van der Waals surface area contributed by atoms with Gasteiger partial charge in [-0.25, -0.2) is 0 Å². The molecule has 0 saturated heterocycles. The maximum Gasteiger partial charge on any atom is 0.0700 e. The number of ether oxygens (including phenoxy) is 2. The third-order valence-corrected chi connectivity index (χ3v) is 4.59. The molecule has 1 aliphatic rings. The van der Waals surface area contributed by atoms with Crippen LogP contribution in [0, 0.1) is 0 Å². The summed E-state index contributed by atoms with van der Waals surface area (Å²) < 4.78 is 10.4. The zero-order valence-corrected chi connectivity index (χ0v) is 12.6. The van der Waals surface area contributed by atoms with Crippen molar-refractivity contribution < 1.29 is 9.47 Å². The van der Waals surface area contributed by atoms with Crippen molar-refractivity contribution in [3.63, 3.8) is 0 Å². The second-order valence-electron chi connectivity index (χ2n) is 5.01. The van der Waals surface area contributed by atoms with E-state index in [1.165, 1.54) is 25.7 Å². The van der Waals surface area contributed by atoms with Gasteiger partial charge in [0, 0.05) is 24.6 Å². The van der Waals surface area contributed by atoms with Crippen molar-refractivity contribution in [1.29, 1.82) is 0 Å². The topological polar surface area (TPSA) is 30.5 Å². The predicted octanol–water partition coefficient (Wildman–Crippen LogP) is 3.16. The second kappa shape index (κ2) is 8.69. The summed E-state index contributed by atoms with van der Waals surface area (Å²) in [6, 6.07) is 2.88. The van der Waals surface area contributed by atoms with Crippen LogP contribution in [0.2, 0.25) is 0 Å². The Balaban J connectivity index is 1.55. The Kier molecular flexibility index (Phi) is 6.85. The average molecular weight is 283 g/mol. The van der Waals surface area contributed by atoms with Crippen LogP contribution in [0.1, 0.15) is 42.2 Å². The van der Waals surface area contributed by atoms with Gasteiger partial charge in [-0.3, -0.25) is 0 Å². The highest BCUT2D eigenvalue weighted by molar-refractivity contribution is 7.10. The molecule has 1 atom stereocenters. The largest absolute Gasteiger partial charge is 0.382 e. The van der Waals surface area contributed by atoms with Crippen LogP contribution in [-0.4, -0.2) is 33.5 Å². The van der Waals surface area contributed by atoms with Crippen LogP contribution in [0.5, 0.6) is 0 Å². The van der Waals surface area contributed by atoms with Gasteiger partial charge in [-0.2, -0.15) is 0 Å². The van der Waals surface area contributed by atoms with E-state index in [0.29, 0.717) is 19.3 Å². The lowest BCUT2D eigenvalue weighted by atomic mass is 9.94. The Morgan fingerprint density at radius 2 is 2.26 bits per heavy atom. The van der Waals surface area contributed by atoms with E-state index in [1.54, 1.807) is 17.6 Å². The van der Waals surface area contributed by atoms with Crippen LogP contribution in [0.15, 0.2) is 11.4 Å². The molecule has 19 heavy (non-hydrogen) atoms. The molecule has 0 aliphatic heterocycles. The van der Waals surface area contributed by atoms with Crippen LogP contribution >= 0.6 is 11.3 Å². The maximum absolute atomic E-state index is 5.46. The monoisotopic (exact) mass is 283 g/mol. The molecule has 0 amide bonds. The number of hydrogen-bond donors (Lipinski definition) is 1. The number of rotatable bonds is 9. The first-order chi connectivity index (χ1) is 9.42. The van der Waals surface area contributed by atoms with Crippen LogP contribution in [-0.2, 0) is 15.9 Å². The first-order valence-electron chi connectivity index (χ1n) is 7.28. The van der Waals surface area contributed by atoms with Crippen LogP contribution in [0.3, 0.4) is 0 Å². The number of methoxy groups -OCH3 is 1. The maximum atomic E-state index is 5.46. The van der Waals surface area contributed by atoms with Gasteiger partial charge in [0.1, 0.15) is 0 Å². The molecule has 0 aromatic carbocycles. The van der Waals surface area contributed by atoms with E-state index < -0.39 is 0 Å². The molecule has 1 aromatic rings. The van der Waals surface area contributed by atoms with Crippen molar-refractivity contribution in [2.45, 2.75) is 38.1 Å². The van der Waals surface area contributed by atoms with Crippen LogP contribution < -0.4 is 5.32 Å². The van der Waals surface area contributed by atoms with E-state index in [0.717, 1.165) is 19.6 Å². The summed E-state index contributed by atoms with van der Waals surface area (Å²) in [7, 11) is 1.70. The highest BCUT2D eigenvalue weighted by Crippen LogP contribution is 2.33. The number of nitrogens with one attached hydrogen (secondary N) is 1. The van der Waals surface area contributed by atoms with Crippen molar-refractivity contribution in [3.05, 3.63) is 21.9 Å². The minimum atomic E-state index is 0.587. The van der Waals surface area contributed by atoms with Gasteiger partial charge >= 0.3 is 0 Å². The molecule has 108 valence electrons. The molecule has 0 fully saturated rings. The fraction of sp³-hybridized carbons (Fsp3) is 0.733. The van der Waals surface area contributed by atoms with E-state index in [2.05, 4.69) is 16.8 Å². The van der Waals surface area contributed by atoms with E-state index in [-0.39, 0.29) is 0 Å². The minimum absolute atomic E-state index is 0.587. The normalized spacial score (nSPS) is 18.5. The highest BCUT2D eigenvalue weighted by atomic mass is 32.1. The molecule has 0 bridgehead atoms. The molecule has 4 heteroatoms. The van der Waals surface area contributed by atoms with Gasteiger partial charge in [-0.1, -0.05) is 0 Å². The van der Waals surface area contributed by atoms with Crippen molar-refractivity contribution in [2.24, 2.45) is 0 Å². The summed E-state index contributed by atoms with van der Waals surface area (Å²) in [6.07, 6.45) is 6.20. The van der Waals surface area contributed by atoms with E-state index >= 15 is 0 Å². The molecule has 0 spiro atoms. The van der Waals surface area contributed by atoms with Gasteiger partial charge in [-0.15, -0.1) is 11.3 Å². The highest BCUT2D eigenvalue weighted by Gasteiger charge is 2.19.